The van der Waals surface area contributed by atoms with Gasteiger partial charge in [-0.2, -0.15) is 0 Å². The van der Waals surface area contributed by atoms with E-state index in [4.69, 9.17) is 21.5 Å². The molecule has 0 radical (unpaired) electrons. The van der Waals surface area contributed by atoms with Crippen LogP contribution in [0.25, 0.3) is 5.70 Å². The lowest BCUT2D eigenvalue weighted by Crippen LogP contribution is -2.38. The SMILES string of the molecule is [O-]C1=C(c2ccc(Cl)cc2)[N+]2=N[C@@H]3CCCC3=C[C@]2(c2ccccc2)O1. The van der Waals surface area contributed by atoms with Crippen molar-refractivity contribution in [3.8, 4) is 0 Å². The van der Waals surface area contributed by atoms with E-state index >= 15 is 0 Å². The molecule has 2 aliphatic heterocycles. The van der Waals surface area contributed by atoms with Crippen molar-refractivity contribution in [2.45, 2.75) is 31.0 Å². The van der Waals surface area contributed by atoms with Crippen molar-refractivity contribution in [2.24, 2.45) is 5.11 Å². The summed E-state index contributed by atoms with van der Waals surface area (Å²) >= 11 is 6.02. The number of hydrogen-bond donors (Lipinski definition) is 0. The van der Waals surface area contributed by atoms with Crippen LogP contribution in [0.2, 0.25) is 5.02 Å². The number of ether oxygens (including phenoxy) is 1. The van der Waals surface area contributed by atoms with Crippen molar-refractivity contribution in [3.63, 3.8) is 0 Å². The molecule has 2 aromatic rings. The van der Waals surface area contributed by atoms with Gasteiger partial charge in [-0.05, 0) is 54.2 Å². The first kappa shape index (κ1) is 15.6. The van der Waals surface area contributed by atoms with E-state index in [2.05, 4.69) is 6.08 Å². The molecule has 0 aromatic heterocycles. The number of benzene rings is 2. The predicted molar refractivity (Wildman–Crippen MR) is 96.0 cm³/mol. The molecular formula is C21H17ClN2O2. The molecule has 26 heavy (non-hydrogen) atoms. The molecule has 1 fully saturated rings. The highest BCUT2D eigenvalue weighted by molar-refractivity contribution is 6.30. The van der Waals surface area contributed by atoms with Gasteiger partial charge in [-0.1, -0.05) is 46.6 Å². The van der Waals surface area contributed by atoms with Gasteiger partial charge in [0, 0.05) is 16.7 Å². The molecule has 130 valence electrons. The standard InChI is InChI=1S/C21H17ClN2O2/c22-17-11-9-14(10-12-17)19-20(25)26-21(16-6-2-1-3-7-16)13-15-5-4-8-18(15)23-24(19)21/h1-3,6-7,9-13,18H,4-5,8H2/t18-,21-/m1/s1. The number of rotatable bonds is 2. The average Bonchev–Trinajstić information content (AvgIpc) is 3.22. The molecular weight excluding hydrogens is 348 g/mol. The van der Waals surface area contributed by atoms with Crippen LogP contribution < -0.4 is 5.11 Å². The zero-order chi connectivity index (χ0) is 17.7. The van der Waals surface area contributed by atoms with Gasteiger partial charge in [-0.3, -0.25) is 0 Å². The topological polar surface area (TPSA) is 47.7 Å². The second kappa shape index (κ2) is 5.71. The minimum absolute atomic E-state index is 0.128. The van der Waals surface area contributed by atoms with E-state index in [1.165, 1.54) is 5.57 Å². The highest BCUT2D eigenvalue weighted by Crippen LogP contribution is 2.48. The number of azo groups is 2. The highest BCUT2D eigenvalue weighted by Gasteiger charge is 2.53. The average molecular weight is 365 g/mol. The largest absolute Gasteiger partial charge is 0.542 e. The van der Waals surface area contributed by atoms with Gasteiger partial charge < -0.3 is 9.84 Å². The maximum absolute atomic E-state index is 12.9. The second-order valence-electron chi connectivity index (χ2n) is 6.86. The van der Waals surface area contributed by atoms with Crippen LogP contribution in [0.3, 0.4) is 0 Å². The fourth-order valence-corrected chi connectivity index (χ4v) is 4.18. The molecule has 2 heterocycles. The molecule has 5 heteroatoms. The summed E-state index contributed by atoms with van der Waals surface area (Å²) in [7, 11) is 0. The molecule has 0 bridgehead atoms. The van der Waals surface area contributed by atoms with Gasteiger partial charge in [-0.15, -0.1) is 0 Å². The molecule has 0 spiro atoms. The van der Waals surface area contributed by atoms with Crippen molar-refractivity contribution in [1.29, 1.82) is 0 Å². The monoisotopic (exact) mass is 364 g/mol. The number of hydrogen-bond acceptors (Lipinski definition) is 3. The minimum Gasteiger partial charge on any atom is -0.542 e. The summed E-state index contributed by atoms with van der Waals surface area (Å²) in [5.41, 5.74) is 2.39. The first-order valence-electron chi connectivity index (χ1n) is 8.82. The van der Waals surface area contributed by atoms with E-state index in [0.717, 1.165) is 30.4 Å². The summed E-state index contributed by atoms with van der Waals surface area (Å²) in [5, 5.41) is 18.5. The Hall–Kier alpha value is -2.59. The van der Waals surface area contributed by atoms with Crippen LogP contribution >= 0.6 is 11.6 Å². The van der Waals surface area contributed by atoms with E-state index in [1.807, 2.05) is 42.5 Å². The van der Waals surface area contributed by atoms with Crippen LogP contribution in [0, 0.1) is 0 Å². The van der Waals surface area contributed by atoms with E-state index in [0.29, 0.717) is 10.7 Å². The summed E-state index contributed by atoms with van der Waals surface area (Å²) in [6.45, 7) is 0. The summed E-state index contributed by atoms with van der Waals surface area (Å²) < 4.78 is 7.78. The van der Waals surface area contributed by atoms with Crippen LogP contribution in [0.4, 0.5) is 0 Å². The van der Waals surface area contributed by atoms with Gasteiger partial charge in [0.1, 0.15) is 12.0 Å². The highest BCUT2D eigenvalue weighted by atomic mass is 35.5. The maximum Gasteiger partial charge on any atom is 0.302 e. The number of halogens is 1. The van der Waals surface area contributed by atoms with Crippen LogP contribution in [0.15, 0.2) is 77.3 Å². The van der Waals surface area contributed by atoms with E-state index in [1.54, 1.807) is 16.8 Å². The lowest BCUT2D eigenvalue weighted by atomic mass is 9.95. The van der Waals surface area contributed by atoms with Crippen LogP contribution in [-0.4, -0.2) is 10.7 Å². The van der Waals surface area contributed by atoms with Crippen molar-refractivity contribution in [3.05, 3.63) is 88.3 Å². The molecule has 4 nitrogen and oxygen atoms in total. The lowest BCUT2D eigenvalue weighted by molar-refractivity contribution is -0.627. The molecule has 2 aromatic carbocycles. The Balaban J connectivity index is 1.71. The van der Waals surface area contributed by atoms with Gasteiger partial charge in [0.2, 0.25) is 0 Å². The molecule has 0 saturated heterocycles. The Morgan fingerprint density at radius 1 is 1.12 bits per heavy atom. The second-order valence-corrected chi connectivity index (χ2v) is 7.30. The van der Waals surface area contributed by atoms with Crippen molar-refractivity contribution in [1.82, 2.24) is 0 Å². The zero-order valence-electron chi connectivity index (χ0n) is 14.1. The molecule has 0 unspecified atom stereocenters. The number of fused-ring (bicyclic) bond motifs is 2. The zero-order valence-corrected chi connectivity index (χ0v) is 14.8. The van der Waals surface area contributed by atoms with Gasteiger partial charge >= 0.3 is 5.72 Å². The molecule has 1 aliphatic carbocycles. The third-order valence-electron chi connectivity index (χ3n) is 5.28. The van der Waals surface area contributed by atoms with Gasteiger partial charge in [0.05, 0.1) is 5.56 Å². The Morgan fingerprint density at radius 2 is 1.88 bits per heavy atom. The fourth-order valence-electron chi connectivity index (χ4n) is 4.05. The summed E-state index contributed by atoms with van der Waals surface area (Å²) in [5.74, 6) is -0.364. The van der Waals surface area contributed by atoms with Crippen LogP contribution in [-0.2, 0) is 10.5 Å². The molecule has 2 atom stereocenters. The summed E-state index contributed by atoms with van der Waals surface area (Å²) in [6, 6.07) is 17.2. The molecule has 5 rings (SSSR count). The van der Waals surface area contributed by atoms with Crippen LogP contribution in [0.1, 0.15) is 30.4 Å². The first-order valence-corrected chi connectivity index (χ1v) is 9.19. The van der Waals surface area contributed by atoms with Crippen molar-refractivity contribution in [2.75, 3.05) is 0 Å². The molecule has 0 amide bonds. The van der Waals surface area contributed by atoms with Gasteiger partial charge in [0.25, 0.3) is 5.70 Å². The molecule has 3 aliphatic rings. The third-order valence-corrected chi connectivity index (χ3v) is 5.53. The quantitative estimate of drug-likeness (QED) is 0.593. The van der Waals surface area contributed by atoms with E-state index < -0.39 is 5.72 Å². The Bertz CT molecular complexity index is 963. The molecule has 1 saturated carbocycles. The van der Waals surface area contributed by atoms with Crippen molar-refractivity contribution >= 4 is 17.3 Å². The fraction of sp³-hybridized carbons (Fsp3) is 0.238. The maximum atomic E-state index is 12.9. The lowest BCUT2D eigenvalue weighted by Gasteiger charge is -2.30. The van der Waals surface area contributed by atoms with Crippen LogP contribution in [0.5, 0.6) is 0 Å². The Kier molecular flexibility index (Phi) is 3.44. The Labute approximate surface area is 156 Å². The van der Waals surface area contributed by atoms with E-state index in [9.17, 15) is 5.11 Å². The normalized spacial score (nSPS) is 26.7. The summed E-state index contributed by atoms with van der Waals surface area (Å²) in [6.07, 6.45) is 5.23. The Morgan fingerprint density at radius 3 is 2.65 bits per heavy atom. The van der Waals surface area contributed by atoms with Gasteiger partial charge in [-0.25, -0.2) is 0 Å². The van der Waals surface area contributed by atoms with Gasteiger partial charge in [0.15, 0.2) is 0 Å². The number of nitrogens with zero attached hydrogens (tertiary/aromatic N) is 2. The van der Waals surface area contributed by atoms with Crippen molar-refractivity contribution < 1.29 is 14.5 Å². The third kappa shape index (κ3) is 2.22. The van der Waals surface area contributed by atoms with E-state index in [-0.39, 0.29) is 12.0 Å². The summed E-state index contributed by atoms with van der Waals surface area (Å²) in [4.78, 5) is 0. The predicted octanol–water partition coefficient (Wildman–Crippen LogP) is 4.17. The minimum atomic E-state index is -0.997. The molecule has 0 N–H and O–H groups in total. The smallest absolute Gasteiger partial charge is 0.302 e. The first-order chi connectivity index (χ1) is 12.7.